The summed E-state index contributed by atoms with van der Waals surface area (Å²) in [5.74, 6) is 1.04. The standard InChI is InChI=1S/C33H35N7O5/c1-37-18-22(16-26(33(37)44)36-29-7-6-21(17-35-29)32(43)38-12-14-45-15-13-38)23-8-9-34-31(25(23)20-41)39-10-11-40-27-5-3-2-4-24(27)30(42)28(40)19-39/h6-9,16-18,20,28H,2-5,10-15,19H2,1H3,(H,35,36). The molecule has 0 bridgehead atoms. The van der Waals surface area contributed by atoms with Gasteiger partial charge in [0.05, 0.1) is 24.3 Å². The Hall–Kier alpha value is -4.84. The van der Waals surface area contributed by atoms with E-state index in [1.54, 1.807) is 48.6 Å². The molecule has 1 aliphatic carbocycles. The first-order valence-electron chi connectivity index (χ1n) is 15.5. The lowest BCUT2D eigenvalue weighted by Gasteiger charge is -2.40. The molecule has 12 heteroatoms. The van der Waals surface area contributed by atoms with Crippen LogP contribution in [0, 0.1) is 0 Å². The van der Waals surface area contributed by atoms with Crippen LogP contribution in [0.15, 0.2) is 58.9 Å². The van der Waals surface area contributed by atoms with Gasteiger partial charge < -0.3 is 29.3 Å². The molecule has 0 spiro atoms. The van der Waals surface area contributed by atoms with Crippen molar-refractivity contribution >= 4 is 35.3 Å². The Balaban J connectivity index is 1.14. The summed E-state index contributed by atoms with van der Waals surface area (Å²) in [5.41, 5.74) is 4.34. The minimum Gasteiger partial charge on any atom is -0.378 e. The minimum absolute atomic E-state index is 0.111. The number of nitrogens with zero attached hydrogens (tertiary/aromatic N) is 6. The number of aryl methyl sites for hydroxylation is 1. The second kappa shape index (κ2) is 11.9. The average Bonchev–Trinajstić information content (AvgIpc) is 3.37. The molecule has 0 aromatic carbocycles. The first-order chi connectivity index (χ1) is 21.9. The molecule has 1 amide bonds. The van der Waals surface area contributed by atoms with Crippen LogP contribution in [-0.2, 0) is 16.6 Å². The summed E-state index contributed by atoms with van der Waals surface area (Å²) >= 11 is 0. The fourth-order valence-corrected chi connectivity index (χ4v) is 6.91. The predicted octanol–water partition coefficient (Wildman–Crippen LogP) is 2.77. The lowest BCUT2D eigenvalue weighted by atomic mass is 9.95. The van der Waals surface area contributed by atoms with E-state index >= 15 is 0 Å². The number of carbonyl (C=O) groups is 3. The van der Waals surface area contributed by atoms with Crippen molar-refractivity contribution in [1.29, 1.82) is 0 Å². The highest BCUT2D eigenvalue weighted by atomic mass is 16.5. The molecule has 0 saturated carbocycles. The SMILES string of the molecule is Cn1cc(-c2ccnc(N3CCN4C5=C(CCCC5)C(=O)C4C3)c2C=O)cc(Nc2ccc(C(=O)N3CCOCC3)cn2)c1=O. The Morgan fingerprint density at radius 3 is 2.64 bits per heavy atom. The zero-order chi connectivity index (χ0) is 31.1. The van der Waals surface area contributed by atoms with Crippen molar-refractivity contribution in [3.63, 3.8) is 0 Å². The summed E-state index contributed by atoms with van der Waals surface area (Å²) < 4.78 is 6.78. The summed E-state index contributed by atoms with van der Waals surface area (Å²) in [4.78, 5) is 66.8. The maximum absolute atomic E-state index is 13.3. The number of ketones is 1. The van der Waals surface area contributed by atoms with Crippen LogP contribution in [0.2, 0.25) is 0 Å². The van der Waals surface area contributed by atoms with Gasteiger partial charge in [0.15, 0.2) is 12.1 Å². The Kier molecular flexibility index (Phi) is 7.66. The van der Waals surface area contributed by atoms with Gasteiger partial charge in [-0.1, -0.05) is 0 Å². The second-order valence-corrected chi connectivity index (χ2v) is 11.9. The van der Waals surface area contributed by atoms with Gasteiger partial charge in [0.25, 0.3) is 11.5 Å². The third-order valence-electron chi connectivity index (χ3n) is 9.22. The van der Waals surface area contributed by atoms with Gasteiger partial charge in [0.2, 0.25) is 0 Å². The van der Waals surface area contributed by atoms with Crippen LogP contribution in [0.3, 0.4) is 0 Å². The molecule has 6 heterocycles. The van der Waals surface area contributed by atoms with E-state index in [0.717, 1.165) is 37.5 Å². The van der Waals surface area contributed by atoms with E-state index in [9.17, 15) is 19.2 Å². The number of aromatic nitrogens is 3. The first kappa shape index (κ1) is 28.9. The van der Waals surface area contributed by atoms with Crippen molar-refractivity contribution in [2.75, 3.05) is 56.2 Å². The van der Waals surface area contributed by atoms with Gasteiger partial charge in [-0.15, -0.1) is 0 Å². The molecule has 4 aliphatic rings. The fourth-order valence-electron chi connectivity index (χ4n) is 6.91. The largest absolute Gasteiger partial charge is 0.378 e. The van der Waals surface area contributed by atoms with Gasteiger partial charge in [-0.2, -0.15) is 0 Å². The van der Waals surface area contributed by atoms with Crippen molar-refractivity contribution in [1.82, 2.24) is 24.3 Å². The van der Waals surface area contributed by atoms with Crippen LogP contribution in [0.5, 0.6) is 0 Å². The van der Waals surface area contributed by atoms with E-state index in [4.69, 9.17) is 4.74 Å². The van der Waals surface area contributed by atoms with Crippen LogP contribution in [0.4, 0.5) is 17.3 Å². The molecular weight excluding hydrogens is 574 g/mol. The molecule has 0 radical (unpaired) electrons. The number of morpholine rings is 1. The number of aldehydes is 1. The number of carbonyl (C=O) groups excluding carboxylic acids is 3. The lowest BCUT2D eigenvalue weighted by Crippen LogP contribution is -2.53. The van der Waals surface area contributed by atoms with E-state index in [0.29, 0.717) is 79.8 Å². The first-order valence-corrected chi connectivity index (χ1v) is 15.5. The quantitative estimate of drug-likeness (QED) is 0.417. The molecule has 3 aliphatic heterocycles. The highest BCUT2D eigenvalue weighted by Gasteiger charge is 2.43. The molecule has 3 aromatic heterocycles. The number of piperazine rings is 1. The zero-order valence-corrected chi connectivity index (χ0v) is 25.2. The monoisotopic (exact) mass is 609 g/mol. The summed E-state index contributed by atoms with van der Waals surface area (Å²) in [7, 11) is 1.65. The molecule has 2 fully saturated rings. The molecule has 45 heavy (non-hydrogen) atoms. The van der Waals surface area contributed by atoms with E-state index in [2.05, 4.69) is 20.2 Å². The summed E-state index contributed by atoms with van der Waals surface area (Å²) in [6.07, 6.45) is 9.62. The van der Waals surface area contributed by atoms with E-state index in [-0.39, 0.29) is 29.0 Å². The third-order valence-corrected chi connectivity index (χ3v) is 9.22. The van der Waals surface area contributed by atoms with Crippen LogP contribution < -0.4 is 15.8 Å². The number of fused-ring (bicyclic) bond motifs is 2. The van der Waals surface area contributed by atoms with Crippen LogP contribution >= 0.6 is 0 Å². The Morgan fingerprint density at radius 1 is 1.04 bits per heavy atom. The number of amides is 1. The number of rotatable bonds is 6. The number of pyridine rings is 3. The predicted molar refractivity (Wildman–Crippen MR) is 168 cm³/mol. The number of hydrogen-bond acceptors (Lipinski definition) is 10. The summed E-state index contributed by atoms with van der Waals surface area (Å²) in [6.45, 7) is 3.92. The smallest absolute Gasteiger partial charge is 0.274 e. The Morgan fingerprint density at radius 2 is 1.87 bits per heavy atom. The molecule has 1 atom stereocenters. The molecule has 1 unspecified atom stereocenters. The minimum atomic E-state index is -0.275. The average molecular weight is 610 g/mol. The zero-order valence-electron chi connectivity index (χ0n) is 25.2. The molecule has 1 N–H and O–H groups in total. The van der Waals surface area contributed by atoms with Gasteiger partial charge in [-0.05, 0) is 55.5 Å². The second-order valence-electron chi connectivity index (χ2n) is 11.9. The normalized spacial score (nSPS) is 19.8. The topological polar surface area (TPSA) is 130 Å². The van der Waals surface area contributed by atoms with Gasteiger partial charge in [-0.25, -0.2) is 9.97 Å². The third kappa shape index (κ3) is 5.28. The maximum atomic E-state index is 13.3. The lowest BCUT2D eigenvalue weighted by molar-refractivity contribution is -0.118. The maximum Gasteiger partial charge on any atom is 0.274 e. The van der Waals surface area contributed by atoms with E-state index in [1.807, 2.05) is 4.90 Å². The number of hydrogen-bond donors (Lipinski definition) is 1. The van der Waals surface area contributed by atoms with Crippen LogP contribution in [0.25, 0.3) is 11.1 Å². The van der Waals surface area contributed by atoms with Gasteiger partial charge in [0.1, 0.15) is 23.4 Å². The number of allylic oxidation sites excluding steroid dienone is 1. The number of anilines is 3. The van der Waals surface area contributed by atoms with Crippen molar-refractivity contribution in [3.8, 4) is 11.1 Å². The number of nitrogens with one attached hydrogen (secondary N) is 1. The van der Waals surface area contributed by atoms with Crippen LogP contribution in [0.1, 0.15) is 46.4 Å². The summed E-state index contributed by atoms with van der Waals surface area (Å²) in [5, 5.41) is 3.09. The molecule has 3 aromatic rings. The van der Waals surface area contributed by atoms with Crippen molar-refractivity contribution < 1.29 is 19.1 Å². The Labute approximate surface area is 260 Å². The van der Waals surface area contributed by atoms with Crippen molar-refractivity contribution in [2.45, 2.75) is 31.7 Å². The highest BCUT2D eigenvalue weighted by Crippen LogP contribution is 2.39. The van der Waals surface area contributed by atoms with E-state index < -0.39 is 0 Å². The van der Waals surface area contributed by atoms with Gasteiger partial charge >= 0.3 is 0 Å². The molecular formula is C33H35N7O5. The molecule has 12 nitrogen and oxygen atoms in total. The van der Waals surface area contributed by atoms with Crippen molar-refractivity contribution in [2.24, 2.45) is 7.05 Å². The highest BCUT2D eigenvalue weighted by molar-refractivity contribution is 6.03. The molecule has 232 valence electrons. The van der Waals surface area contributed by atoms with Gasteiger partial charge in [-0.3, -0.25) is 19.2 Å². The molecule has 2 saturated heterocycles. The van der Waals surface area contributed by atoms with Crippen molar-refractivity contribution in [3.05, 3.63) is 75.6 Å². The fraction of sp³-hybridized carbons (Fsp3) is 0.394. The van der Waals surface area contributed by atoms with E-state index in [1.165, 1.54) is 16.5 Å². The Bertz CT molecular complexity index is 1760. The number of Topliss-reactive ketones (excluding diaryl/α,β-unsaturated/α-hetero) is 1. The number of ether oxygens (including phenoxy) is 1. The van der Waals surface area contributed by atoms with Gasteiger partial charge in [0, 0.05) is 75.2 Å². The molecule has 7 rings (SSSR count). The van der Waals surface area contributed by atoms with Crippen LogP contribution in [-0.4, -0.2) is 94.3 Å². The summed E-state index contributed by atoms with van der Waals surface area (Å²) in [6, 6.07) is 6.56.